The van der Waals surface area contributed by atoms with Gasteiger partial charge in [-0.3, -0.25) is 9.69 Å². The summed E-state index contributed by atoms with van der Waals surface area (Å²) in [6.07, 6.45) is 1.42. The van der Waals surface area contributed by atoms with Gasteiger partial charge in [0.2, 0.25) is 5.91 Å². The Labute approximate surface area is 172 Å². The summed E-state index contributed by atoms with van der Waals surface area (Å²) in [6, 6.07) is 15.8. The van der Waals surface area contributed by atoms with Crippen LogP contribution in [0.25, 0.3) is 0 Å². The monoisotopic (exact) mass is 400 g/mol. The zero-order valence-corrected chi connectivity index (χ0v) is 17.6. The smallest absolute Gasteiger partial charge is 0.227 e. The average Bonchev–Trinajstić information content (AvgIpc) is 2.68. The van der Waals surface area contributed by atoms with E-state index in [0.717, 1.165) is 24.0 Å². The third-order valence-electron chi connectivity index (χ3n) is 5.86. The van der Waals surface area contributed by atoms with Gasteiger partial charge in [0, 0.05) is 18.1 Å². The fourth-order valence-electron chi connectivity index (χ4n) is 3.86. The molecule has 0 aliphatic carbocycles. The Balaban J connectivity index is 1.63. The number of hydrogen-bond acceptors (Lipinski definition) is 3. The lowest BCUT2D eigenvalue weighted by Crippen LogP contribution is -2.69. The molecule has 4 nitrogen and oxygen atoms in total. The molecule has 1 saturated heterocycles. The van der Waals surface area contributed by atoms with E-state index < -0.39 is 11.8 Å². The van der Waals surface area contributed by atoms with Crippen molar-refractivity contribution < 1.29 is 9.90 Å². The van der Waals surface area contributed by atoms with Crippen LogP contribution in [-0.4, -0.2) is 46.2 Å². The van der Waals surface area contributed by atoms with Crippen LogP contribution < -0.4 is 0 Å². The molecule has 0 bridgehead atoms. The molecule has 0 radical (unpaired) electrons. The molecule has 1 amide bonds. The van der Waals surface area contributed by atoms with E-state index in [1.165, 1.54) is 5.56 Å². The van der Waals surface area contributed by atoms with Crippen molar-refractivity contribution in [3.63, 3.8) is 0 Å². The highest BCUT2D eigenvalue weighted by Gasteiger charge is 2.49. The van der Waals surface area contributed by atoms with Crippen LogP contribution in [0, 0.1) is 0 Å². The van der Waals surface area contributed by atoms with Gasteiger partial charge in [0.15, 0.2) is 0 Å². The van der Waals surface area contributed by atoms with Crippen molar-refractivity contribution >= 4 is 17.5 Å². The molecule has 2 aromatic carbocycles. The Morgan fingerprint density at radius 2 is 1.71 bits per heavy atom. The molecule has 0 saturated carbocycles. The summed E-state index contributed by atoms with van der Waals surface area (Å²) < 4.78 is 0. The maximum Gasteiger partial charge on any atom is 0.227 e. The van der Waals surface area contributed by atoms with Crippen molar-refractivity contribution in [3.8, 4) is 0 Å². The first kappa shape index (κ1) is 20.8. The number of halogens is 1. The summed E-state index contributed by atoms with van der Waals surface area (Å²) >= 11 is 5.95. The summed E-state index contributed by atoms with van der Waals surface area (Å²) in [4.78, 5) is 16.6. The number of likely N-dealkylation sites (N-methyl/N-ethyl adjacent to an activating group) is 1. The van der Waals surface area contributed by atoms with Gasteiger partial charge < -0.3 is 10.0 Å². The number of amides is 1. The molecule has 5 heteroatoms. The minimum Gasteiger partial charge on any atom is -0.376 e. The number of nitrogens with zero attached hydrogens (tertiary/aromatic N) is 2. The summed E-state index contributed by atoms with van der Waals surface area (Å²) in [5, 5.41) is 11.7. The molecule has 0 aromatic heterocycles. The zero-order valence-electron chi connectivity index (χ0n) is 16.9. The Bertz CT molecular complexity index is 806. The third kappa shape index (κ3) is 4.40. The number of carbonyl (C=O) groups excluding carboxylic acids is 1. The number of aliphatic hydroxyl groups is 1. The van der Waals surface area contributed by atoms with Crippen molar-refractivity contribution in [2.75, 3.05) is 13.6 Å². The maximum absolute atomic E-state index is 12.9. The van der Waals surface area contributed by atoms with Crippen LogP contribution in [0.2, 0.25) is 5.02 Å². The number of rotatable bonds is 7. The lowest BCUT2D eigenvalue weighted by Gasteiger charge is -2.55. The van der Waals surface area contributed by atoms with Crippen LogP contribution in [0.4, 0.5) is 0 Å². The average molecular weight is 401 g/mol. The molecule has 2 aromatic rings. The van der Waals surface area contributed by atoms with Crippen LogP contribution >= 0.6 is 11.6 Å². The highest BCUT2D eigenvalue weighted by Crippen LogP contribution is 2.35. The summed E-state index contributed by atoms with van der Waals surface area (Å²) in [5.74, 6) is 0.0666. The molecule has 1 aliphatic rings. The fraction of sp³-hybridized carbons (Fsp3) is 0.435. The maximum atomic E-state index is 12.9. The van der Waals surface area contributed by atoms with Gasteiger partial charge in [-0.15, -0.1) is 0 Å². The second kappa shape index (κ2) is 8.64. The van der Waals surface area contributed by atoms with E-state index in [4.69, 9.17) is 11.6 Å². The second-order valence-electron chi connectivity index (χ2n) is 7.91. The molecule has 28 heavy (non-hydrogen) atoms. The van der Waals surface area contributed by atoms with E-state index >= 15 is 0 Å². The largest absolute Gasteiger partial charge is 0.376 e. The number of aliphatic hydroxyl groups excluding tert-OH is 1. The first-order valence-corrected chi connectivity index (χ1v) is 10.2. The predicted octanol–water partition coefficient (Wildman–Crippen LogP) is 3.89. The molecule has 2 unspecified atom stereocenters. The summed E-state index contributed by atoms with van der Waals surface area (Å²) in [5.41, 5.74) is 2.79. The molecule has 3 rings (SSSR count). The lowest BCUT2D eigenvalue weighted by atomic mass is 9.83. The molecule has 1 fully saturated rings. The molecule has 1 N–H and O–H groups in total. The van der Waals surface area contributed by atoms with Crippen LogP contribution in [0.5, 0.6) is 0 Å². The van der Waals surface area contributed by atoms with Crippen molar-refractivity contribution in [1.29, 1.82) is 0 Å². The standard InChI is InChI=1S/C23H29ClN2O2/c1-4-17-5-7-18(8-6-17)15-21(27)26-14-13-23(26,2)22(28)25(3)16-19-9-11-20(24)12-10-19/h5-12,22,28H,4,13-16H2,1-3H3. The first-order valence-electron chi connectivity index (χ1n) is 9.84. The first-order chi connectivity index (χ1) is 13.3. The minimum atomic E-state index is -0.733. The summed E-state index contributed by atoms with van der Waals surface area (Å²) in [6.45, 7) is 5.37. The van der Waals surface area contributed by atoms with Crippen LogP contribution in [0.3, 0.4) is 0 Å². The van der Waals surface area contributed by atoms with Gasteiger partial charge in [0.05, 0.1) is 12.0 Å². The SMILES string of the molecule is CCc1ccc(CC(=O)N2CCC2(C)C(O)N(C)Cc2ccc(Cl)cc2)cc1. The van der Waals surface area contributed by atoms with E-state index in [0.29, 0.717) is 24.5 Å². The number of aryl methyl sites for hydroxylation is 1. The zero-order chi connectivity index (χ0) is 20.3. The van der Waals surface area contributed by atoms with Crippen LogP contribution in [-0.2, 0) is 24.2 Å². The molecule has 150 valence electrons. The number of benzene rings is 2. The van der Waals surface area contributed by atoms with Gasteiger partial charge in [-0.1, -0.05) is 54.9 Å². The van der Waals surface area contributed by atoms with Gasteiger partial charge in [0.25, 0.3) is 0 Å². The molecular weight excluding hydrogens is 372 g/mol. The topological polar surface area (TPSA) is 43.8 Å². The Morgan fingerprint density at radius 1 is 1.14 bits per heavy atom. The number of likely N-dealkylation sites (tertiary alicyclic amines) is 1. The molecule has 2 atom stereocenters. The predicted molar refractivity (Wildman–Crippen MR) is 113 cm³/mol. The van der Waals surface area contributed by atoms with Gasteiger partial charge in [0.1, 0.15) is 6.23 Å². The van der Waals surface area contributed by atoms with E-state index in [2.05, 4.69) is 19.1 Å². The van der Waals surface area contributed by atoms with Crippen LogP contribution in [0.15, 0.2) is 48.5 Å². The Kier molecular flexibility index (Phi) is 6.43. The highest BCUT2D eigenvalue weighted by molar-refractivity contribution is 6.30. The quantitative estimate of drug-likeness (QED) is 0.717. The van der Waals surface area contributed by atoms with Crippen molar-refractivity contribution in [2.45, 2.75) is 51.4 Å². The minimum absolute atomic E-state index is 0.0666. The Morgan fingerprint density at radius 3 is 2.25 bits per heavy atom. The highest BCUT2D eigenvalue weighted by atomic mass is 35.5. The van der Waals surface area contributed by atoms with Crippen molar-refractivity contribution in [2.24, 2.45) is 0 Å². The van der Waals surface area contributed by atoms with Gasteiger partial charge in [-0.05, 0) is 55.6 Å². The van der Waals surface area contributed by atoms with E-state index in [1.807, 2.05) is 60.2 Å². The normalized spacial score (nSPS) is 20.1. The van der Waals surface area contributed by atoms with Gasteiger partial charge >= 0.3 is 0 Å². The molecule has 0 spiro atoms. The number of hydrogen-bond donors (Lipinski definition) is 1. The number of carbonyl (C=O) groups is 1. The Hall–Kier alpha value is -1.88. The van der Waals surface area contributed by atoms with Gasteiger partial charge in [-0.25, -0.2) is 0 Å². The molecule has 1 heterocycles. The van der Waals surface area contributed by atoms with Crippen LogP contribution in [0.1, 0.15) is 37.0 Å². The fourth-order valence-corrected chi connectivity index (χ4v) is 3.98. The van der Waals surface area contributed by atoms with E-state index in [-0.39, 0.29) is 5.91 Å². The second-order valence-corrected chi connectivity index (χ2v) is 8.35. The lowest BCUT2D eigenvalue weighted by molar-refractivity contribution is -0.174. The molecular formula is C23H29ClN2O2. The molecule has 1 aliphatic heterocycles. The third-order valence-corrected chi connectivity index (χ3v) is 6.12. The van der Waals surface area contributed by atoms with Crippen molar-refractivity contribution in [3.05, 3.63) is 70.2 Å². The van der Waals surface area contributed by atoms with Crippen molar-refractivity contribution in [1.82, 2.24) is 9.80 Å². The van der Waals surface area contributed by atoms with E-state index in [1.54, 1.807) is 0 Å². The summed E-state index contributed by atoms with van der Waals surface area (Å²) in [7, 11) is 1.88. The van der Waals surface area contributed by atoms with Gasteiger partial charge in [-0.2, -0.15) is 0 Å². The van der Waals surface area contributed by atoms with E-state index in [9.17, 15) is 9.90 Å².